The summed E-state index contributed by atoms with van der Waals surface area (Å²) in [4.78, 5) is 18.6. The molecule has 4 rings (SSSR count). The summed E-state index contributed by atoms with van der Waals surface area (Å²) in [6, 6.07) is 9.45. The lowest BCUT2D eigenvalue weighted by Crippen LogP contribution is -2.32. The van der Waals surface area contributed by atoms with Crippen LogP contribution in [0.3, 0.4) is 0 Å². The molecular weight excluding hydrogens is 381 g/mol. The van der Waals surface area contributed by atoms with Crippen molar-refractivity contribution >= 4 is 11.7 Å². The van der Waals surface area contributed by atoms with E-state index in [1.807, 2.05) is 6.07 Å². The maximum atomic E-state index is 12.6. The van der Waals surface area contributed by atoms with Crippen LogP contribution in [0.4, 0.5) is 19.0 Å². The van der Waals surface area contributed by atoms with Gasteiger partial charge >= 0.3 is 6.18 Å². The second-order valence-corrected chi connectivity index (χ2v) is 7.66. The topological polar surface area (TPSA) is 57.3 Å². The molecule has 8 heteroatoms. The van der Waals surface area contributed by atoms with E-state index in [1.165, 1.54) is 12.1 Å². The molecule has 1 aromatic heterocycles. The first-order valence-corrected chi connectivity index (χ1v) is 9.80. The van der Waals surface area contributed by atoms with Crippen LogP contribution in [0.15, 0.2) is 42.6 Å². The fourth-order valence-electron chi connectivity index (χ4n) is 3.41. The SMILES string of the molecule is O=C(NC1CC1)c1ccc(N2CC[C@H](NCc3ccc(C(F)(F)F)cc3)C2)nc1. The van der Waals surface area contributed by atoms with E-state index in [-0.39, 0.29) is 11.9 Å². The van der Waals surface area contributed by atoms with E-state index in [0.29, 0.717) is 18.2 Å². The summed E-state index contributed by atoms with van der Waals surface area (Å²) in [5, 5.41) is 6.34. The van der Waals surface area contributed by atoms with Crippen LogP contribution in [0, 0.1) is 0 Å². The van der Waals surface area contributed by atoms with E-state index < -0.39 is 11.7 Å². The van der Waals surface area contributed by atoms with Gasteiger partial charge in [-0.2, -0.15) is 13.2 Å². The van der Waals surface area contributed by atoms with E-state index in [1.54, 1.807) is 12.3 Å². The van der Waals surface area contributed by atoms with Crippen LogP contribution in [0.5, 0.6) is 0 Å². The van der Waals surface area contributed by atoms with Crippen molar-refractivity contribution in [2.75, 3.05) is 18.0 Å². The number of anilines is 1. The highest BCUT2D eigenvalue weighted by molar-refractivity contribution is 5.94. The number of aromatic nitrogens is 1. The Morgan fingerprint density at radius 3 is 2.45 bits per heavy atom. The Bertz CT molecular complexity index is 848. The first-order chi connectivity index (χ1) is 13.9. The molecule has 1 saturated heterocycles. The van der Waals surface area contributed by atoms with Crippen molar-refractivity contribution in [2.24, 2.45) is 0 Å². The third-order valence-corrected chi connectivity index (χ3v) is 5.31. The molecule has 1 aliphatic heterocycles. The van der Waals surface area contributed by atoms with Gasteiger partial charge in [0.05, 0.1) is 11.1 Å². The monoisotopic (exact) mass is 404 g/mol. The number of alkyl halides is 3. The van der Waals surface area contributed by atoms with Crippen molar-refractivity contribution < 1.29 is 18.0 Å². The number of amides is 1. The Balaban J connectivity index is 1.27. The van der Waals surface area contributed by atoms with Crippen molar-refractivity contribution in [3.63, 3.8) is 0 Å². The zero-order chi connectivity index (χ0) is 20.4. The lowest BCUT2D eigenvalue weighted by Gasteiger charge is -2.18. The first kappa shape index (κ1) is 19.7. The Kier molecular flexibility index (Phi) is 5.45. The average Bonchev–Trinajstić information content (AvgIpc) is 3.39. The Labute approximate surface area is 167 Å². The van der Waals surface area contributed by atoms with E-state index >= 15 is 0 Å². The molecule has 1 saturated carbocycles. The Morgan fingerprint density at radius 1 is 1.07 bits per heavy atom. The number of pyridine rings is 1. The quantitative estimate of drug-likeness (QED) is 0.775. The van der Waals surface area contributed by atoms with Gasteiger partial charge < -0.3 is 15.5 Å². The number of nitrogens with zero attached hydrogens (tertiary/aromatic N) is 2. The van der Waals surface area contributed by atoms with E-state index in [2.05, 4.69) is 20.5 Å². The van der Waals surface area contributed by atoms with Crippen molar-refractivity contribution in [1.82, 2.24) is 15.6 Å². The highest BCUT2D eigenvalue weighted by Crippen LogP contribution is 2.29. The molecule has 2 aromatic rings. The molecule has 2 aliphatic rings. The number of rotatable bonds is 6. The number of benzene rings is 1. The number of carbonyl (C=O) groups is 1. The molecule has 2 heterocycles. The summed E-state index contributed by atoms with van der Waals surface area (Å²) >= 11 is 0. The maximum Gasteiger partial charge on any atom is 0.416 e. The highest BCUT2D eigenvalue weighted by Gasteiger charge is 2.30. The van der Waals surface area contributed by atoms with Gasteiger partial charge in [0.1, 0.15) is 5.82 Å². The zero-order valence-electron chi connectivity index (χ0n) is 15.9. The van der Waals surface area contributed by atoms with Gasteiger partial charge in [0, 0.05) is 37.9 Å². The predicted molar refractivity (Wildman–Crippen MR) is 104 cm³/mol. The third-order valence-electron chi connectivity index (χ3n) is 5.31. The van der Waals surface area contributed by atoms with E-state index in [4.69, 9.17) is 0 Å². The van der Waals surface area contributed by atoms with Crippen LogP contribution in [0.1, 0.15) is 40.7 Å². The molecule has 5 nitrogen and oxygen atoms in total. The fraction of sp³-hybridized carbons (Fsp3) is 0.429. The molecule has 1 amide bonds. The lowest BCUT2D eigenvalue weighted by atomic mass is 10.1. The normalized spacial score (nSPS) is 19.4. The van der Waals surface area contributed by atoms with Gasteiger partial charge in [0.25, 0.3) is 5.91 Å². The van der Waals surface area contributed by atoms with E-state index in [9.17, 15) is 18.0 Å². The smallest absolute Gasteiger partial charge is 0.355 e. The number of nitrogens with one attached hydrogen (secondary N) is 2. The molecule has 0 spiro atoms. The van der Waals surface area contributed by atoms with E-state index in [0.717, 1.165) is 55.9 Å². The number of carbonyl (C=O) groups excluding carboxylic acids is 1. The molecule has 29 heavy (non-hydrogen) atoms. The molecule has 1 atom stereocenters. The number of hydrogen-bond donors (Lipinski definition) is 2. The minimum Gasteiger partial charge on any atom is -0.355 e. The van der Waals surface area contributed by atoms with Gasteiger partial charge in [-0.3, -0.25) is 4.79 Å². The van der Waals surface area contributed by atoms with Gasteiger partial charge in [-0.05, 0) is 49.1 Å². The molecule has 0 bridgehead atoms. The third kappa shape index (κ3) is 5.06. The first-order valence-electron chi connectivity index (χ1n) is 9.80. The second-order valence-electron chi connectivity index (χ2n) is 7.66. The van der Waals surface area contributed by atoms with Crippen LogP contribution in [0.2, 0.25) is 0 Å². The second kappa shape index (κ2) is 8.02. The van der Waals surface area contributed by atoms with Crippen LogP contribution in [0.25, 0.3) is 0 Å². The summed E-state index contributed by atoms with van der Waals surface area (Å²) in [5.41, 5.74) is 0.756. The van der Waals surface area contributed by atoms with Crippen LogP contribution >= 0.6 is 0 Å². The predicted octanol–water partition coefficient (Wildman–Crippen LogP) is 3.36. The van der Waals surface area contributed by atoms with Gasteiger partial charge in [0.15, 0.2) is 0 Å². The average molecular weight is 404 g/mol. The number of halogens is 3. The van der Waals surface area contributed by atoms with Crippen molar-refractivity contribution in [3.05, 3.63) is 59.3 Å². The number of hydrogen-bond acceptors (Lipinski definition) is 4. The molecule has 0 unspecified atom stereocenters. The Morgan fingerprint density at radius 2 is 1.83 bits per heavy atom. The summed E-state index contributed by atoms with van der Waals surface area (Å²) in [6.07, 6.45) is 0.319. The zero-order valence-corrected chi connectivity index (χ0v) is 15.9. The highest BCUT2D eigenvalue weighted by atomic mass is 19.4. The minimum atomic E-state index is -4.31. The largest absolute Gasteiger partial charge is 0.416 e. The molecule has 154 valence electrons. The van der Waals surface area contributed by atoms with Crippen molar-refractivity contribution in [3.8, 4) is 0 Å². The lowest BCUT2D eigenvalue weighted by molar-refractivity contribution is -0.137. The summed E-state index contributed by atoms with van der Waals surface area (Å²) in [5.74, 6) is 0.746. The fourth-order valence-corrected chi connectivity index (χ4v) is 3.41. The standard InChI is InChI=1S/C21H23F3N4O/c22-21(23,24)16-4-1-14(2-5-16)11-25-18-9-10-28(13-18)19-8-3-15(12-26-19)20(29)27-17-6-7-17/h1-5,8,12,17-18,25H,6-7,9-11,13H2,(H,27,29)/t18-/m0/s1. The summed E-state index contributed by atoms with van der Waals surface area (Å²) in [6.45, 7) is 2.12. The summed E-state index contributed by atoms with van der Waals surface area (Å²) in [7, 11) is 0. The van der Waals surface area contributed by atoms with Gasteiger partial charge in [-0.1, -0.05) is 12.1 Å². The van der Waals surface area contributed by atoms with Gasteiger partial charge in [0.2, 0.25) is 0 Å². The van der Waals surface area contributed by atoms with Crippen LogP contribution in [-0.4, -0.2) is 36.1 Å². The van der Waals surface area contributed by atoms with Crippen LogP contribution < -0.4 is 15.5 Å². The molecule has 1 aromatic carbocycles. The van der Waals surface area contributed by atoms with Gasteiger partial charge in [-0.25, -0.2) is 4.98 Å². The molecule has 1 aliphatic carbocycles. The Hall–Kier alpha value is -2.61. The van der Waals surface area contributed by atoms with Gasteiger partial charge in [-0.15, -0.1) is 0 Å². The molecular formula is C21H23F3N4O. The molecule has 2 N–H and O–H groups in total. The van der Waals surface area contributed by atoms with Crippen LogP contribution in [-0.2, 0) is 12.7 Å². The van der Waals surface area contributed by atoms with Crippen molar-refractivity contribution in [1.29, 1.82) is 0 Å². The maximum absolute atomic E-state index is 12.6. The summed E-state index contributed by atoms with van der Waals surface area (Å²) < 4.78 is 37.9. The minimum absolute atomic E-state index is 0.0796. The van der Waals surface area contributed by atoms with Crippen molar-refractivity contribution in [2.45, 2.75) is 44.1 Å². The molecule has 0 radical (unpaired) electrons. The molecule has 2 fully saturated rings.